The van der Waals surface area contributed by atoms with Gasteiger partial charge < -0.3 is 19.7 Å². The Labute approximate surface area is 143 Å². The minimum atomic E-state index is -0.0429. The van der Waals surface area contributed by atoms with Crippen molar-refractivity contribution in [3.05, 3.63) is 23.8 Å². The maximum absolute atomic E-state index is 12.7. The molecule has 0 bridgehead atoms. The molecule has 1 aliphatic heterocycles. The van der Waals surface area contributed by atoms with Gasteiger partial charge in [0, 0.05) is 30.6 Å². The van der Waals surface area contributed by atoms with Crippen LogP contribution in [0.3, 0.4) is 0 Å². The molecule has 0 spiro atoms. The Morgan fingerprint density at radius 2 is 1.75 bits per heavy atom. The molecular weight excluding hydrogens is 308 g/mol. The Balaban J connectivity index is 1.99. The average molecular weight is 334 g/mol. The van der Waals surface area contributed by atoms with Crippen LogP contribution in [0.15, 0.2) is 18.2 Å². The number of hydrogen-bond donors (Lipinski definition) is 1. The number of likely N-dealkylation sites (tertiary alicyclic amines) is 1. The standard InChI is InChI=1S/C18H26N2O4/c1-12(2)19-17(21)13-7-9-20(10-8-13)18(22)14-5-6-15(23-3)16(11-14)24-4/h5-6,11-13H,7-10H2,1-4H3,(H,19,21). The van der Waals surface area contributed by atoms with Crippen LogP contribution >= 0.6 is 0 Å². The van der Waals surface area contributed by atoms with E-state index < -0.39 is 0 Å². The number of nitrogens with one attached hydrogen (secondary N) is 1. The van der Waals surface area contributed by atoms with E-state index in [-0.39, 0.29) is 23.8 Å². The number of carbonyl (C=O) groups is 2. The predicted molar refractivity (Wildman–Crippen MR) is 91.5 cm³/mol. The van der Waals surface area contributed by atoms with Gasteiger partial charge in [0.25, 0.3) is 5.91 Å². The first kappa shape index (κ1) is 18.1. The van der Waals surface area contributed by atoms with E-state index in [9.17, 15) is 9.59 Å². The number of methoxy groups -OCH3 is 2. The number of benzene rings is 1. The van der Waals surface area contributed by atoms with E-state index in [1.165, 1.54) is 0 Å². The summed E-state index contributed by atoms with van der Waals surface area (Å²) in [5.41, 5.74) is 0.567. The molecule has 24 heavy (non-hydrogen) atoms. The van der Waals surface area contributed by atoms with Gasteiger partial charge in [-0.05, 0) is 44.9 Å². The average Bonchev–Trinajstić information content (AvgIpc) is 2.60. The number of hydrogen-bond acceptors (Lipinski definition) is 4. The van der Waals surface area contributed by atoms with E-state index in [0.29, 0.717) is 43.0 Å². The van der Waals surface area contributed by atoms with Gasteiger partial charge in [0.05, 0.1) is 14.2 Å². The second-order valence-corrected chi connectivity index (χ2v) is 6.30. The molecule has 0 aromatic heterocycles. The fourth-order valence-corrected chi connectivity index (χ4v) is 2.90. The monoisotopic (exact) mass is 334 g/mol. The summed E-state index contributed by atoms with van der Waals surface area (Å²) in [7, 11) is 3.11. The summed E-state index contributed by atoms with van der Waals surface area (Å²) in [6.45, 7) is 5.08. The lowest BCUT2D eigenvalue weighted by molar-refractivity contribution is -0.126. The van der Waals surface area contributed by atoms with Gasteiger partial charge in [-0.15, -0.1) is 0 Å². The fraction of sp³-hybridized carbons (Fsp3) is 0.556. The van der Waals surface area contributed by atoms with Crippen LogP contribution in [-0.4, -0.2) is 50.1 Å². The molecule has 1 aliphatic rings. The Hall–Kier alpha value is -2.24. The molecule has 2 rings (SSSR count). The Morgan fingerprint density at radius 3 is 2.29 bits per heavy atom. The van der Waals surface area contributed by atoms with Crippen LogP contribution in [0.2, 0.25) is 0 Å². The Morgan fingerprint density at radius 1 is 1.12 bits per heavy atom. The summed E-state index contributed by atoms with van der Waals surface area (Å²) in [4.78, 5) is 26.5. The summed E-state index contributed by atoms with van der Waals surface area (Å²) in [6, 6.07) is 5.30. The highest BCUT2D eigenvalue weighted by Crippen LogP contribution is 2.28. The SMILES string of the molecule is COc1ccc(C(=O)N2CCC(C(=O)NC(C)C)CC2)cc1OC. The first-order valence-electron chi connectivity index (χ1n) is 8.28. The highest BCUT2D eigenvalue weighted by Gasteiger charge is 2.28. The van der Waals surface area contributed by atoms with Crippen molar-refractivity contribution in [2.45, 2.75) is 32.7 Å². The zero-order valence-electron chi connectivity index (χ0n) is 14.8. The van der Waals surface area contributed by atoms with Crippen LogP contribution in [-0.2, 0) is 4.79 Å². The molecule has 1 heterocycles. The number of rotatable bonds is 5. The van der Waals surface area contributed by atoms with E-state index in [0.717, 1.165) is 0 Å². The minimum Gasteiger partial charge on any atom is -0.493 e. The third kappa shape index (κ3) is 4.19. The lowest BCUT2D eigenvalue weighted by Crippen LogP contribution is -2.44. The third-order valence-corrected chi connectivity index (χ3v) is 4.21. The molecular formula is C18H26N2O4. The maximum atomic E-state index is 12.7. The molecule has 1 aromatic carbocycles. The van der Waals surface area contributed by atoms with Gasteiger partial charge >= 0.3 is 0 Å². The first-order valence-corrected chi connectivity index (χ1v) is 8.28. The smallest absolute Gasteiger partial charge is 0.253 e. The van der Waals surface area contributed by atoms with Gasteiger partial charge in [-0.3, -0.25) is 9.59 Å². The molecule has 2 amide bonds. The summed E-state index contributed by atoms with van der Waals surface area (Å²) >= 11 is 0. The topological polar surface area (TPSA) is 67.9 Å². The number of amides is 2. The fourth-order valence-electron chi connectivity index (χ4n) is 2.90. The highest BCUT2D eigenvalue weighted by atomic mass is 16.5. The van der Waals surface area contributed by atoms with Crippen LogP contribution in [0.4, 0.5) is 0 Å². The number of ether oxygens (including phenoxy) is 2. The van der Waals surface area contributed by atoms with Crippen molar-refractivity contribution < 1.29 is 19.1 Å². The molecule has 1 aromatic rings. The van der Waals surface area contributed by atoms with Gasteiger partial charge in [-0.1, -0.05) is 0 Å². The van der Waals surface area contributed by atoms with Gasteiger partial charge in [-0.2, -0.15) is 0 Å². The van der Waals surface area contributed by atoms with Gasteiger partial charge in [0.2, 0.25) is 5.91 Å². The molecule has 1 fully saturated rings. The van der Waals surface area contributed by atoms with Crippen LogP contribution < -0.4 is 14.8 Å². The van der Waals surface area contributed by atoms with Crippen molar-refractivity contribution in [2.24, 2.45) is 5.92 Å². The van der Waals surface area contributed by atoms with Crippen molar-refractivity contribution in [2.75, 3.05) is 27.3 Å². The highest BCUT2D eigenvalue weighted by molar-refractivity contribution is 5.95. The van der Waals surface area contributed by atoms with Crippen LogP contribution in [0.25, 0.3) is 0 Å². The van der Waals surface area contributed by atoms with E-state index in [4.69, 9.17) is 9.47 Å². The molecule has 132 valence electrons. The van der Waals surface area contributed by atoms with Gasteiger partial charge in [0.1, 0.15) is 0 Å². The molecule has 6 nitrogen and oxygen atoms in total. The van der Waals surface area contributed by atoms with E-state index >= 15 is 0 Å². The summed E-state index contributed by atoms with van der Waals surface area (Å²) in [5.74, 6) is 1.16. The second-order valence-electron chi connectivity index (χ2n) is 6.30. The van der Waals surface area contributed by atoms with Crippen molar-refractivity contribution >= 4 is 11.8 Å². The zero-order valence-corrected chi connectivity index (χ0v) is 14.8. The first-order chi connectivity index (χ1) is 11.5. The summed E-state index contributed by atoms with van der Waals surface area (Å²) in [5, 5.41) is 2.94. The third-order valence-electron chi connectivity index (χ3n) is 4.21. The molecule has 6 heteroatoms. The van der Waals surface area contributed by atoms with Gasteiger partial charge in [0.15, 0.2) is 11.5 Å². The van der Waals surface area contributed by atoms with Crippen molar-refractivity contribution in [3.63, 3.8) is 0 Å². The molecule has 1 saturated heterocycles. The van der Waals surface area contributed by atoms with Crippen molar-refractivity contribution in [1.82, 2.24) is 10.2 Å². The van der Waals surface area contributed by atoms with Crippen LogP contribution in [0.5, 0.6) is 11.5 Å². The van der Waals surface area contributed by atoms with Crippen molar-refractivity contribution in [3.8, 4) is 11.5 Å². The maximum Gasteiger partial charge on any atom is 0.253 e. The van der Waals surface area contributed by atoms with E-state index in [1.54, 1.807) is 37.3 Å². The minimum absolute atomic E-state index is 0.0122. The quantitative estimate of drug-likeness (QED) is 0.895. The number of piperidine rings is 1. The van der Waals surface area contributed by atoms with Crippen LogP contribution in [0, 0.1) is 5.92 Å². The molecule has 0 atom stereocenters. The second kappa shape index (κ2) is 8.04. The van der Waals surface area contributed by atoms with Gasteiger partial charge in [-0.25, -0.2) is 0 Å². The molecule has 0 saturated carbocycles. The predicted octanol–water partition coefficient (Wildman–Crippen LogP) is 2.08. The number of nitrogens with zero attached hydrogens (tertiary/aromatic N) is 1. The lowest BCUT2D eigenvalue weighted by Gasteiger charge is -2.31. The number of carbonyl (C=O) groups excluding carboxylic acids is 2. The Kier molecular flexibility index (Phi) is 6.06. The summed E-state index contributed by atoms with van der Waals surface area (Å²) in [6.07, 6.45) is 1.38. The van der Waals surface area contributed by atoms with Crippen molar-refractivity contribution in [1.29, 1.82) is 0 Å². The molecule has 0 unspecified atom stereocenters. The lowest BCUT2D eigenvalue weighted by atomic mass is 9.95. The largest absolute Gasteiger partial charge is 0.493 e. The molecule has 0 radical (unpaired) electrons. The normalized spacial score (nSPS) is 15.3. The van der Waals surface area contributed by atoms with Crippen LogP contribution in [0.1, 0.15) is 37.0 Å². The molecule has 0 aliphatic carbocycles. The molecule has 1 N–H and O–H groups in total. The van der Waals surface area contributed by atoms with E-state index in [1.807, 2.05) is 13.8 Å². The summed E-state index contributed by atoms with van der Waals surface area (Å²) < 4.78 is 10.4. The zero-order chi connectivity index (χ0) is 17.7. The Bertz CT molecular complexity index is 593. The van der Waals surface area contributed by atoms with E-state index in [2.05, 4.69) is 5.32 Å².